The van der Waals surface area contributed by atoms with E-state index in [0.29, 0.717) is 5.13 Å². The molecule has 1 aliphatic rings. The number of pyridine rings is 1. The Hall–Kier alpha value is -3.03. The van der Waals surface area contributed by atoms with Gasteiger partial charge in [0.1, 0.15) is 0 Å². The molecular weight excluding hydrogens is 380 g/mol. The number of fused-ring (bicyclic) bond motifs is 4. The van der Waals surface area contributed by atoms with Crippen molar-refractivity contribution in [3.63, 3.8) is 0 Å². The van der Waals surface area contributed by atoms with Gasteiger partial charge in [0.15, 0.2) is 5.13 Å². The largest absolute Gasteiger partial charge is 0.388 e. The van der Waals surface area contributed by atoms with Crippen molar-refractivity contribution >= 4 is 49.5 Å². The molecule has 0 bridgehead atoms. The summed E-state index contributed by atoms with van der Waals surface area (Å²) in [5, 5.41) is 12.9. The number of nitrogens with one attached hydrogen (secondary N) is 2. The molecule has 5 rings (SSSR count). The van der Waals surface area contributed by atoms with Gasteiger partial charge in [-0.25, -0.2) is 9.97 Å². The molecule has 0 spiro atoms. The SMILES string of the molecule is CNc1ccc2nc(-c3ccc4nc(N)sc4c3)c3c(c2c1C=N)CCN(C)C3. The fourth-order valence-corrected chi connectivity index (χ4v) is 5.07. The number of aromatic nitrogens is 2. The third-order valence-electron chi connectivity index (χ3n) is 5.67. The third-order valence-corrected chi connectivity index (χ3v) is 6.52. The molecule has 29 heavy (non-hydrogen) atoms. The predicted molar refractivity (Wildman–Crippen MR) is 122 cm³/mol. The first-order valence-corrected chi connectivity index (χ1v) is 10.4. The van der Waals surface area contributed by atoms with Crippen LogP contribution >= 0.6 is 11.3 Å². The van der Waals surface area contributed by atoms with Crippen molar-refractivity contribution < 1.29 is 0 Å². The summed E-state index contributed by atoms with van der Waals surface area (Å²) in [6, 6.07) is 10.3. The highest BCUT2D eigenvalue weighted by Gasteiger charge is 2.24. The predicted octanol–water partition coefficient (Wildman–Crippen LogP) is 4.12. The summed E-state index contributed by atoms with van der Waals surface area (Å²) in [5.74, 6) is 0. The number of nitrogen functional groups attached to an aromatic ring is 1. The molecule has 4 N–H and O–H groups in total. The average molecular weight is 403 g/mol. The summed E-state index contributed by atoms with van der Waals surface area (Å²) < 4.78 is 1.07. The van der Waals surface area contributed by atoms with Crippen LogP contribution in [-0.4, -0.2) is 41.7 Å². The van der Waals surface area contributed by atoms with Crippen LogP contribution in [0.5, 0.6) is 0 Å². The molecule has 3 heterocycles. The minimum Gasteiger partial charge on any atom is -0.388 e. The Bertz CT molecular complexity index is 1280. The van der Waals surface area contributed by atoms with Gasteiger partial charge in [-0.3, -0.25) is 0 Å². The van der Waals surface area contributed by atoms with Crippen molar-refractivity contribution in [2.75, 3.05) is 31.7 Å². The molecule has 7 heteroatoms. The smallest absolute Gasteiger partial charge is 0.181 e. The van der Waals surface area contributed by atoms with Gasteiger partial charge >= 0.3 is 0 Å². The van der Waals surface area contributed by atoms with E-state index in [-0.39, 0.29) is 0 Å². The van der Waals surface area contributed by atoms with Gasteiger partial charge in [-0.2, -0.15) is 0 Å². The minimum atomic E-state index is 0.584. The summed E-state index contributed by atoms with van der Waals surface area (Å²) >= 11 is 1.50. The molecule has 0 saturated heterocycles. The third kappa shape index (κ3) is 2.85. The number of hydrogen-bond donors (Lipinski definition) is 3. The van der Waals surface area contributed by atoms with E-state index < -0.39 is 0 Å². The summed E-state index contributed by atoms with van der Waals surface area (Å²) in [6.07, 6.45) is 2.39. The Morgan fingerprint density at radius 2 is 2.00 bits per heavy atom. The van der Waals surface area contributed by atoms with Gasteiger partial charge in [-0.05, 0) is 48.9 Å². The molecule has 0 atom stereocenters. The lowest BCUT2D eigenvalue weighted by Gasteiger charge is -2.29. The van der Waals surface area contributed by atoms with Crippen LogP contribution in [0.4, 0.5) is 10.8 Å². The maximum Gasteiger partial charge on any atom is 0.181 e. The van der Waals surface area contributed by atoms with Crippen molar-refractivity contribution in [3.05, 3.63) is 47.0 Å². The number of benzene rings is 2. The highest BCUT2D eigenvalue weighted by molar-refractivity contribution is 7.22. The zero-order valence-electron chi connectivity index (χ0n) is 16.4. The molecule has 2 aromatic heterocycles. The lowest BCUT2D eigenvalue weighted by molar-refractivity contribution is 0.314. The maximum atomic E-state index is 8.02. The van der Waals surface area contributed by atoms with Gasteiger partial charge in [0.2, 0.25) is 0 Å². The van der Waals surface area contributed by atoms with Crippen LogP contribution in [0.1, 0.15) is 16.7 Å². The monoisotopic (exact) mass is 402 g/mol. The normalized spacial score (nSPS) is 14.3. The zero-order valence-corrected chi connectivity index (χ0v) is 17.2. The Balaban J connectivity index is 1.83. The Morgan fingerprint density at radius 1 is 1.17 bits per heavy atom. The molecule has 0 radical (unpaired) electrons. The second-order valence-corrected chi connectivity index (χ2v) is 8.52. The van der Waals surface area contributed by atoms with Crippen LogP contribution in [0.3, 0.4) is 0 Å². The molecule has 146 valence electrons. The summed E-state index contributed by atoms with van der Waals surface area (Å²) in [4.78, 5) is 11.8. The first-order valence-electron chi connectivity index (χ1n) is 9.60. The molecule has 0 amide bonds. The van der Waals surface area contributed by atoms with Crippen LogP contribution < -0.4 is 11.1 Å². The Morgan fingerprint density at radius 3 is 2.79 bits per heavy atom. The number of likely N-dealkylation sites (N-methyl/N-ethyl adjacent to an activating group) is 1. The van der Waals surface area contributed by atoms with Gasteiger partial charge in [0, 0.05) is 48.6 Å². The van der Waals surface area contributed by atoms with Crippen molar-refractivity contribution in [2.24, 2.45) is 0 Å². The topological polar surface area (TPSA) is 90.9 Å². The van der Waals surface area contributed by atoms with Crippen LogP contribution in [0.25, 0.3) is 32.4 Å². The number of anilines is 2. The van der Waals surface area contributed by atoms with Gasteiger partial charge in [-0.1, -0.05) is 17.4 Å². The summed E-state index contributed by atoms with van der Waals surface area (Å²) in [7, 11) is 4.04. The fraction of sp³-hybridized carbons (Fsp3) is 0.227. The van der Waals surface area contributed by atoms with Gasteiger partial charge in [-0.15, -0.1) is 0 Å². The quantitative estimate of drug-likeness (QED) is 0.449. The maximum absolute atomic E-state index is 8.02. The lowest BCUT2D eigenvalue weighted by atomic mass is 9.89. The average Bonchev–Trinajstić information content (AvgIpc) is 3.11. The first kappa shape index (κ1) is 18.0. The van der Waals surface area contributed by atoms with Gasteiger partial charge in [0.25, 0.3) is 0 Å². The zero-order chi connectivity index (χ0) is 20.1. The van der Waals surface area contributed by atoms with Crippen LogP contribution in [-0.2, 0) is 13.0 Å². The number of nitrogens with zero attached hydrogens (tertiary/aromatic N) is 3. The van der Waals surface area contributed by atoms with Crippen LogP contribution in [0.15, 0.2) is 30.3 Å². The number of nitrogens with two attached hydrogens (primary N) is 1. The van der Waals surface area contributed by atoms with E-state index in [1.165, 1.54) is 28.7 Å². The standard InChI is InChI=1S/C22H22N6S/c1-25-16-5-6-18-20(14(16)10-23)13-7-8-28(2)11-15(13)21(26-18)12-3-4-17-19(9-12)29-22(24)27-17/h3-6,9-10,23,25H,7-8,11H2,1-2H3,(H2,24,27). The van der Waals surface area contributed by atoms with Crippen molar-refractivity contribution in [3.8, 4) is 11.3 Å². The number of rotatable bonds is 3. The molecule has 1 aliphatic heterocycles. The molecule has 0 saturated carbocycles. The van der Waals surface area contributed by atoms with Gasteiger partial charge in [0.05, 0.1) is 21.4 Å². The molecule has 0 aliphatic carbocycles. The molecule has 6 nitrogen and oxygen atoms in total. The lowest BCUT2D eigenvalue weighted by Crippen LogP contribution is -2.28. The molecule has 0 unspecified atom stereocenters. The van der Waals surface area contributed by atoms with E-state index in [1.807, 2.05) is 19.2 Å². The van der Waals surface area contributed by atoms with Gasteiger partial charge < -0.3 is 21.4 Å². The minimum absolute atomic E-state index is 0.584. The molecule has 0 fully saturated rings. The number of thiazole rings is 1. The second kappa shape index (κ2) is 6.79. The first-order chi connectivity index (χ1) is 14.1. The van der Waals surface area contributed by atoms with Crippen molar-refractivity contribution in [2.45, 2.75) is 13.0 Å². The highest BCUT2D eigenvalue weighted by atomic mass is 32.1. The van der Waals surface area contributed by atoms with Crippen molar-refractivity contribution in [1.29, 1.82) is 5.41 Å². The molecule has 4 aromatic rings. The van der Waals surface area contributed by atoms with E-state index in [1.54, 1.807) is 0 Å². The fourth-order valence-electron chi connectivity index (χ4n) is 4.29. The Kier molecular flexibility index (Phi) is 4.22. The van der Waals surface area contributed by atoms with E-state index >= 15 is 0 Å². The molecule has 2 aromatic carbocycles. The van der Waals surface area contributed by atoms with Crippen LogP contribution in [0, 0.1) is 5.41 Å². The highest BCUT2D eigenvalue weighted by Crippen LogP contribution is 2.38. The van der Waals surface area contributed by atoms with E-state index in [9.17, 15) is 0 Å². The Labute approximate surface area is 172 Å². The summed E-state index contributed by atoms with van der Waals surface area (Å²) in [5.41, 5.74) is 14.3. The number of hydrogen-bond acceptors (Lipinski definition) is 7. The van der Waals surface area contributed by atoms with E-state index in [0.717, 1.165) is 63.1 Å². The van der Waals surface area contributed by atoms with E-state index in [2.05, 4.69) is 40.4 Å². The van der Waals surface area contributed by atoms with Crippen LogP contribution in [0.2, 0.25) is 0 Å². The van der Waals surface area contributed by atoms with E-state index in [4.69, 9.17) is 16.1 Å². The molecular formula is C22H22N6S. The summed E-state index contributed by atoms with van der Waals surface area (Å²) in [6.45, 7) is 1.84. The second-order valence-electron chi connectivity index (χ2n) is 7.46. The van der Waals surface area contributed by atoms with Crippen molar-refractivity contribution in [1.82, 2.24) is 14.9 Å².